The maximum absolute atomic E-state index is 11.6. The van der Waals surface area contributed by atoms with E-state index in [2.05, 4.69) is 6.92 Å². The summed E-state index contributed by atoms with van der Waals surface area (Å²) in [7, 11) is 0. The summed E-state index contributed by atoms with van der Waals surface area (Å²) >= 11 is 0. The van der Waals surface area contributed by atoms with Crippen LogP contribution in [0.15, 0.2) is 0 Å². The first kappa shape index (κ1) is 25.2. The molecule has 3 N–H and O–H groups in total. The molecule has 0 radical (unpaired) electrons. The lowest BCUT2D eigenvalue weighted by Crippen LogP contribution is -2.43. The van der Waals surface area contributed by atoms with Crippen LogP contribution in [-0.4, -0.2) is 57.6 Å². The number of unbranched alkanes of at least 4 members (excludes halogenated alkanes) is 9. The number of esters is 1. The van der Waals surface area contributed by atoms with Gasteiger partial charge in [-0.15, -0.1) is 0 Å². The molecule has 0 aromatic rings. The van der Waals surface area contributed by atoms with Crippen LogP contribution >= 0.6 is 0 Å². The Hall–Kier alpha value is -1.80. The topological polar surface area (TPSA) is 138 Å². The van der Waals surface area contributed by atoms with E-state index in [1.807, 2.05) is 0 Å². The van der Waals surface area contributed by atoms with Crippen molar-refractivity contribution in [1.82, 2.24) is 0 Å². The third-order valence-electron chi connectivity index (χ3n) is 4.20. The van der Waals surface area contributed by atoms with Crippen LogP contribution in [0.3, 0.4) is 0 Å². The van der Waals surface area contributed by atoms with Crippen LogP contribution < -0.4 is 0 Å². The molecule has 0 aliphatic carbocycles. The third kappa shape index (κ3) is 12.3. The van der Waals surface area contributed by atoms with Gasteiger partial charge >= 0.3 is 17.7 Å². The molecular formula is C19H32O8. The Morgan fingerprint density at radius 2 is 1.30 bits per heavy atom. The van der Waals surface area contributed by atoms with Crippen molar-refractivity contribution >= 4 is 23.5 Å². The van der Waals surface area contributed by atoms with Gasteiger partial charge in [0, 0.05) is 6.42 Å². The van der Waals surface area contributed by atoms with Gasteiger partial charge in [0.2, 0.25) is 5.78 Å². The second kappa shape index (κ2) is 15.3. The molecular weight excluding hydrogens is 356 g/mol. The molecule has 0 aromatic heterocycles. The van der Waals surface area contributed by atoms with E-state index in [0.717, 1.165) is 19.3 Å². The minimum Gasteiger partial charge on any atom is -0.475 e. The molecule has 0 aromatic carbocycles. The number of carbonyl (C=O) groups is 4. The van der Waals surface area contributed by atoms with Crippen molar-refractivity contribution in [3.8, 4) is 0 Å². The zero-order chi connectivity index (χ0) is 20.7. The zero-order valence-corrected chi connectivity index (χ0v) is 16.0. The summed E-state index contributed by atoms with van der Waals surface area (Å²) in [5.74, 6) is -6.10. The Morgan fingerprint density at radius 3 is 1.78 bits per heavy atom. The Balaban J connectivity index is 3.75. The van der Waals surface area contributed by atoms with Gasteiger partial charge in [0.05, 0.1) is 0 Å². The molecule has 8 heteroatoms. The smallest absolute Gasteiger partial charge is 0.380 e. The van der Waals surface area contributed by atoms with E-state index < -0.39 is 42.3 Å². The zero-order valence-electron chi connectivity index (χ0n) is 16.0. The van der Waals surface area contributed by atoms with E-state index in [0.29, 0.717) is 6.42 Å². The molecule has 0 bridgehead atoms. The molecule has 0 saturated carbocycles. The van der Waals surface area contributed by atoms with Gasteiger partial charge in [-0.2, -0.15) is 0 Å². The highest BCUT2D eigenvalue weighted by Gasteiger charge is 2.33. The van der Waals surface area contributed by atoms with Gasteiger partial charge in [-0.25, -0.2) is 4.79 Å². The number of ketones is 2. The lowest BCUT2D eigenvalue weighted by molar-refractivity contribution is -0.159. The lowest BCUT2D eigenvalue weighted by atomic mass is 10.1. The Bertz CT molecular complexity index is 474. The molecule has 27 heavy (non-hydrogen) atoms. The van der Waals surface area contributed by atoms with Crippen LogP contribution in [0.1, 0.15) is 77.6 Å². The maximum atomic E-state index is 11.6. The standard InChI is InChI=1S/C19H32O8/c1-2-3-4-5-6-7-8-9-10-11-12-15(21)27-13-14(20)16(22)17(23)18(24)19(25)26/h14,16,20,22H,2-13H2,1H3,(H,25,26)/t14-,16+/m0/s1. The fourth-order valence-electron chi connectivity index (χ4n) is 2.51. The van der Waals surface area contributed by atoms with Gasteiger partial charge in [0.15, 0.2) is 0 Å². The first-order chi connectivity index (χ1) is 12.8. The summed E-state index contributed by atoms with van der Waals surface area (Å²) in [6, 6.07) is 0. The van der Waals surface area contributed by atoms with Crippen LogP contribution in [0.25, 0.3) is 0 Å². The fourth-order valence-corrected chi connectivity index (χ4v) is 2.51. The summed E-state index contributed by atoms with van der Waals surface area (Å²) in [5, 5.41) is 27.3. The van der Waals surface area contributed by atoms with E-state index in [-0.39, 0.29) is 6.42 Å². The number of hydrogen-bond donors (Lipinski definition) is 3. The second-order valence-electron chi connectivity index (χ2n) is 6.63. The van der Waals surface area contributed by atoms with Crippen LogP contribution in [0.4, 0.5) is 0 Å². The van der Waals surface area contributed by atoms with Gasteiger partial charge in [-0.05, 0) is 6.42 Å². The molecule has 0 amide bonds. The average Bonchev–Trinajstić information content (AvgIpc) is 2.65. The predicted octanol–water partition coefficient (Wildman–Crippen LogP) is 1.79. The average molecular weight is 388 g/mol. The minimum absolute atomic E-state index is 0.154. The van der Waals surface area contributed by atoms with Crippen molar-refractivity contribution in [2.24, 2.45) is 0 Å². The number of rotatable bonds is 17. The van der Waals surface area contributed by atoms with Gasteiger partial charge in [-0.1, -0.05) is 64.7 Å². The van der Waals surface area contributed by atoms with Crippen LogP contribution in [0.5, 0.6) is 0 Å². The van der Waals surface area contributed by atoms with Crippen molar-refractivity contribution in [3.63, 3.8) is 0 Å². The Labute approximate surface area is 159 Å². The number of hydrogen-bond acceptors (Lipinski definition) is 7. The molecule has 0 heterocycles. The molecule has 0 rings (SSSR count). The highest BCUT2D eigenvalue weighted by atomic mass is 16.5. The second-order valence-corrected chi connectivity index (χ2v) is 6.63. The largest absolute Gasteiger partial charge is 0.475 e. The highest BCUT2D eigenvalue weighted by molar-refractivity contribution is 6.62. The van der Waals surface area contributed by atoms with Gasteiger partial charge in [0.1, 0.15) is 18.8 Å². The molecule has 0 fully saturated rings. The van der Waals surface area contributed by atoms with Crippen LogP contribution in [-0.2, 0) is 23.9 Å². The van der Waals surface area contributed by atoms with Gasteiger partial charge in [-0.3, -0.25) is 14.4 Å². The first-order valence-corrected chi connectivity index (χ1v) is 9.64. The predicted molar refractivity (Wildman–Crippen MR) is 97.1 cm³/mol. The lowest BCUT2D eigenvalue weighted by Gasteiger charge is -2.15. The molecule has 0 aliphatic heterocycles. The normalized spacial score (nSPS) is 13.0. The molecule has 156 valence electrons. The quantitative estimate of drug-likeness (QED) is 0.148. The summed E-state index contributed by atoms with van der Waals surface area (Å²) in [6.45, 7) is 1.50. The number of carbonyl (C=O) groups excluding carboxylic acids is 3. The SMILES string of the molecule is CCCCCCCCCCCCC(=O)OC[C@H](O)[C@@H](O)C(=O)C(=O)C(=O)O. The van der Waals surface area contributed by atoms with E-state index in [4.69, 9.17) is 9.84 Å². The first-order valence-electron chi connectivity index (χ1n) is 9.64. The molecule has 0 unspecified atom stereocenters. The van der Waals surface area contributed by atoms with Crippen molar-refractivity contribution in [2.75, 3.05) is 6.61 Å². The minimum atomic E-state index is -2.24. The van der Waals surface area contributed by atoms with E-state index in [1.165, 1.54) is 38.5 Å². The van der Waals surface area contributed by atoms with Gasteiger partial charge < -0.3 is 20.1 Å². The van der Waals surface area contributed by atoms with Crippen molar-refractivity contribution in [1.29, 1.82) is 0 Å². The van der Waals surface area contributed by atoms with Crippen LogP contribution in [0.2, 0.25) is 0 Å². The van der Waals surface area contributed by atoms with Gasteiger partial charge in [0.25, 0.3) is 0 Å². The number of aliphatic hydroxyl groups excluding tert-OH is 2. The number of aliphatic hydroxyl groups is 2. The van der Waals surface area contributed by atoms with E-state index >= 15 is 0 Å². The van der Waals surface area contributed by atoms with E-state index in [9.17, 15) is 29.4 Å². The summed E-state index contributed by atoms with van der Waals surface area (Å²) in [5.41, 5.74) is 0. The molecule has 0 saturated heterocycles. The highest BCUT2D eigenvalue weighted by Crippen LogP contribution is 2.11. The summed E-state index contributed by atoms with van der Waals surface area (Å²) in [6.07, 6.45) is 7.30. The number of aliphatic carboxylic acids is 1. The number of carboxylic acids is 1. The number of carboxylic acid groups (broad SMARTS) is 1. The summed E-state index contributed by atoms with van der Waals surface area (Å²) < 4.78 is 4.74. The van der Waals surface area contributed by atoms with Crippen molar-refractivity contribution < 1.29 is 39.2 Å². The fraction of sp³-hybridized carbons (Fsp3) is 0.789. The molecule has 2 atom stereocenters. The molecule has 0 aliphatic rings. The maximum Gasteiger partial charge on any atom is 0.380 e. The third-order valence-corrected chi connectivity index (χ3v) is 4.20. The van der Waals surface area contributed by atoms with E-state index in [1.54, 1.807) is 0 Å². The van der Waals surface area contributed by atoms with Crippen molar-refractivity contribution in [2.45, 2.75) is 89.8 Å². The Morgan fingerprint density at radius 1 is 0.815 bits per heavy atom. The summed E-state index contributed by atoms with van der Waals surface area (Å²) in [4.78, 5) is 44.1. The van der Waals surface area contributed by atoms with Crippen molar-refractivity contribution in [3.05, 3.63) is 0 Å². The number of ether oxygens (including phenoxy) is 1. The number of Topliss-reactive ketones (excluding diaryl/α,β-unsaturated/α-hetero) is 2. The molecule has 8 nitrogen and oxygen atoms in total. The Kier molecular flexibility index (Phi) is 14.3. The van der Waals surface area contributed by atoms with Crippen LogP contribution in [0, 0.1) is 0 Å². The molecule has 0 spiro atoms. The monoisotopic (exact) mass is 388 g/mol.